The van der Waals surface area contributed by atoms with Crippen LogP contribution in [0.5, 0.6) is 0 Å². The second-order valence-corrected chi connectivity index (χ2v) is 6.60. The van der Waals surface area contributed by atoms with Gasteiger partial charge in [-0.3, -0.25) is 10.0 Å². The monoisotopic (exact) mass is 331 g/mol. The van der Waals surface area contributed by atoms with E-state index in [1.165, 1.54) is 11.3 Å². The smallest absolute Gasteiger partial charge is 0.319 e. The lowest BCUT2D eigenvalue weighted by atomic mass is 10.1. The summed E-state index contributed by atoms with van der Waals surface area (Å²) in [6.07, 6.45) is 0.700. The summed E-state index contributed by atoms with van der Waals surface area (Å²) in [7, 11) is 0. The summed E-state index contributed by atoms with van der Waals surface area (Å²) in [6, 6.07) is 9.27. The second kappa shape index (κ2) is 6.39. The van der Waals surface area contributed by atoms with Crippen LogP contribution in [-0.4, -0.2) is 28.6 Å². The van der Waals surface area contributed by atoms with Crippen LogP contribution in [0.25, 0.3) is 0 Å². The van der Waals surface area contributed by atoms with Crippen LogP contribution in [0.4, 0.5) is 10.5 Å². The first kappa shape index (κ1) is 15.5. The first-order chi connectivity index (χ1) is 11.1. The quantitative estimate of drug-likeness (QED) is 0.584. The highest BCUT2D eigenvalue weighted by atomic mass is 32.1. The second-order valence-electron chi connectivity index (χ2n) is 5.47. The fraction of sp³-hybridized carbons (Fsp3) is 0.250. The number of nitrogens with zero attached hydrogens (tertiary/aromatic N) is 1. The number of amides is 3. The molecule has 2 aromatic rings. The lowest BCUT2D eigenvalue weighted by molar-refractivity contribution is 0.0711. The van der Waals surface area contributed by atoms with E-state index in [-0.39, 0.29) is 6.03 Å². The molecule has 0 bridgehead atoms. The molecule has 6 nitrogen and oxygen atoms in total. The van der Waals surface area contributed by atoms with Gasteiger partial charge in [0, 0.05) is 17.1 Å². The van der Waals surface area contributed by atoms with E-state index >= 15 is 0 Å². The van der Waals surface area contributed by atoms with Gasteiger partial charge in [0.2, 0.25) is 0 Å². The zero-order valence-electron chi connectivity index (χ0n) is 12.6. The number of nitrogens with one attached hydrogen (secondary N) is 2. The Kier molecular flexibility index (Phi) is 4.31. The van der Waals surface area contributed by atoms with E-state index in [1.807, 2.05) is 31.2 Å². The van der Waals surface area contributed by atoms with Gasteiger partial charge in [-0.05, 0) is 37.1 Å². The summed E-state index contributed by atoms with van der Waals surface area (Å²) in [6.45, 7) is 3.06. The van der Waals surface area contributed by atoms with Gasteiger partial charge in [0.05, 0.1) is 11.4 Å². The van der Waals surface area contributed by atoms with Crippen molar-refractivity contribution >= 4 is 29.0 Å². The SMILES string of the molecule is Cc1ccc(NC(=O)N2CCc3cc(C(=O)NO)sc3C2)cc1. The Morgan fingerprint density at radius 1 is 1.26 bits per heavy atom. The Morgan fingerprint density at radius 2 is 2.00 bits per heavy atom. The van der Waals surface area contributed by atoms with Gasteiger partial charge in [-0.25, -0.2) is 10.3 Å². The van der Waals surface area contributed by atoms with Gasteiger partial charge in [-0.2, -0.15) is 0 Å². The van der Waals surface area contributed by atoms with Crippen LogP contribution in [0.3, 0.4) is 0 Å². The number of thiophene rings is 1. The van der Waals surface area contributed by atoms with Crippen molar-refractivity contribution in [3.8, 4) is 0 Å². The Hall–Kier alpha value is -2.38. The van der Waals surface area contributed by atoms with E-state index in [0.29, 0.717) is 24.4 Å². The van der Waals surface area contributed by atoms with Crippen LogP contribution in [0.15, 0.2) is 30.3 Å². The molecule has 3 amide bonds. The summed E-state index contributed by atoms with van der Waals surface area (Å²) in [5.74, 6) is -0.514. The van der Waals surface area contributed by atoms with Crippen molar-refractivity contribution in [3.63, 3.8) is 0 Å². The number of hydroxylamine groups is 1. The average molecular weight is 331 g/mol. The Bertz CT molecular complexity index is 740. The van der Waals surface area contributed by atoms with E-state index in [4.69, 9.17) is 5.21 Å². The molecule has 23 heavy (non-hydrogen) atoms. The van der Waals surface area contributed by atoms with Crippen LogP contribution < -0.4 is 10.8 Å². The Balaban J connectivity index is 1.68. The van der Waals surface area contributed by atoms with Crippen molar-refractivity contribution < 1.29 is 14.8 Å². The molecule has 0 saturated heterocycles. The number of fused-ring (bicyclic) bond motifs is 1. The van der Waals surface area contributed by atoms with E-state index in [2.05, 4.69) is 5.32 Å². The van der Waals surface area contributed by atoms with Gasteiger partial charge in [-0.15, -0.1) is 11.3 Å². The molecule has 0 spiro atoms. The third-order valence-corrected chi connectivity index (χ3v) is 4.96. The molecule has 3 rings (SSSR count). The zero-order chi connectivity index (χ0) is 16.4. The minimum atomic E-state index is -0.514. The zero-order valence-corrected chi connectivity index (χ0v) is 13.4. The van der Waals surface area contributed by atoms with Crippen LogP contribution in [0.1, 0.15) is 25.7 Å². The third-order valence-electron chi connectivity index (χ3n) is 3.80. The normalized spacial score (nSPS) is 13.4. The number of hydrogen-bond acceptors (Lipinski definition) is 4. The highest BCUT2D eigenvalue weighted by molar-refractivity contribution is 7.14. The number of rotatable bonds is 2. The van der Waals surface area contributed by atoms with Crippen LogP contribution in [-0.2, 0) is 13.0 Å². The highest BCUT2D eigenvalue weighted by Gasteiger charge is 2.24. The summed E-state index contributed by atoms with van der Waals surface area (Å²) in [5, 5.41) is 11.6. The van der Waals surface area contributed by atoms with E-state index < -0.39 is 5.91 Å². The maximum Gasteiger partial charge on any atom is 0.322 e. The van der Waals surface area contributed by atoms with Crippen molar-refractivity contribution in [1.82, 2.24) is 10.4 Å². The predicted octanol–water partition coefficient (Wildman–Crippen LogP) is 2.77. The number of carbonyl (C=O) groups is 2. The molecule has 1 aromatic carbocycles. The first-order valence-electron chi connectivity index (χ1n) is 7.25. The molecule has 120 valence electrons. The molecular formula is C16H17N3O3S. The minimum Gasteiger partial charge on any atom is -0.319 e. The third kappa shape index (κ3) is 3.35. The van der Waals surface area contributed by atoms with Crippen LogP contribution in [0.2, 0.25) is 0 Å². The molecule has 1 aliphatic heterocycles. The van der Waals surface area contributed by atoms with E-state index in [9.17, 15) is 9.59 Å². The largest absolute Gasteiger partial charge is 0.322 e. The molecule has 3 N–H and O–H groups in total. The molecule has 1 aliphatic rings. The van der Waals surface area contributed by atoms with Crippen LogP contribution >= 0.6 is 11.3 Å². The fourth-order valence-corrected chi connectivity index (χ4v) is 3.62. The van der Waals surface area contributed by atoms with Gasteiger partial charge in [-0.1, -0.05) is 17.7 Å². The molecule has 0 saturated carbocycles. The molecular weight excluding hydrogens is 314 g/mol. The molecule has 2 heterocycles. The fourth-order valence-electron chi connectivity index (χ4n) is 2.50. The molecule has 0 atom stereocenters. The summed E-state index contributed by atoms with van der Waals surface area (Å²) < 4.78 is 0. The Morgan fingerprint density at radius 3 is 2.70 bits per heavy atom. The topological polar surface area (TPSA) is 81.7 Å². The summed E-state index contributed by atoms with van der Waals surface area (Å²) in [4.78, 5) is 27.0. The van der Waals surface area contributed by atoms with Gasteiger partial charge < -0.3 is 10.2 Å². The minimum absolute atomic E-state index is 0.152. The van der Waals surface area contributed by atoms with Gasteiger partial charge in [0.25, 0.3) is 5.91 Å². The predicted molar refractivity (Wildman–Crippen MR) is 87.9 cm³/mol. The van der Waals surface area contributed by atoms with Gasteiger partial charge in [0.1, 0.15) is 0 Å². The molecule has 7 heteroatoms. The number of benzene rings is 1. The highest BCUT2D eigenvalue weighted by Crippen LogP contribution is 2.28. The van der Waals surface area contributed by atoms with Crippen molar-refractivity contribution in [1.29, 1.82) is 0 Å². The van der Waals surface area contributed by atoms with Crippen molar-refractivity contribution in [2.45, 2.75) is 19.9 Å². The number of aryl methyl sites for hydroxylation is 1. The molecule has 0 radical (unpaired) electrons. The van der Waals surface area contributed by atoms with Crippen molar-refractivity contribution in [2.75, 3.05) is 11.9 Å². The summed E-state index contributed by atoms with van der Waals surface area (Å²) in [5.41, 5.74) is 4.60. The van der Waals surface area contributed by atoms with Gasteiger partial charge >= 0.3 is 6.03 Å². The van der Waals surface area contributed by atoms with E-state index in [1.54, 1.807) is 16.4 Å². The molecule has 0 fully saturated rings. The maximum absolute atomic E-state index is 12.4. The summed E-state index contributed by atoms with van der Waals surface area (Å²) >= 11 is 1.30. The standard InChI is InChI=1S/C16H17N3O3S/c1-10-2-4-12(5-3-10)17-16(21)19-7-6-11-8-13(15(20)18-22)23-14(11)9-19/h2-5,8,22H,6-7,9H2,1H3,(H,17,21)(H,18,20). The number of hydrogen-bond donors (Lipinski definition) is 3. The lowest BCUT2D eigenvalue weighted by Gasteiger charge is -2.27. The van der Waals surface area contributed by atoms with Crippen molar-refractivity contribution in [2.24, 2.45) is 0 Å². The maximum atomic E-state index is 12.4. The lowest BCUT2D eigenvalue weighted by Crippen LogP contribution is -2.38. The van der Waals surface area contributed by atoms with Crippen LogP contribution in [0, 0.1) is 6.92 Å². The Labute approximate surface area is 137 Å². The number of anilines is 1. The number of carbonyl (C=O) groups excluding carboxylic acids is 2. The molecule has 0 aliphatic carbocycles. The molecule has 0 unspecified atom stereocenters. The van der Waals surface area contributed by atoms with E-state index in [0.717, 1.165) is 21.7 Å². The van der Waals surface area contributed by atoms with Gasteiger partial charge in [0.15, 0.2) is 0 Å². The van der Waals surface area contributed by atoms with Crippen molar-refractivity contribution in [3.05, 3.63) is 51.2 Å². The number of urea groups is 1. The average Bonchev–Trinajstić information content (AvgIpc) is 2.99. The first-order valence-corrected chi connectivity index (χ1v) is 8.07. The molecule has 1 aromatic heterocycles.